The Balaban J connectivity index is 2.04. The van der Waals surface area contributed by atoms with Crippen molar-refractivity contribution in [2.75, 3.05) is 17.2 Å². The standard InChI is InChI=1S/C16H28N4/c1-4-10-17-15-11-16(20-14(5-2)19-15)18-12(3)13-8-6-7-9-13/h11-13H,4-10H2,1-3H3,(H2,17,18,19,20). The lowest BCUT2D eigenvalue weighted by atomic mass is 10.00. The van der Waals surface area contributed by atoms with Gasteiger partial charge in [-0.2, -0.15) is 0 Å². The van der Waals surface area contributed by atoms with E-state index in [1.165, 1.54) is 25.7 Å². The Bertz CT molecular complexity index is 413. The number of hydrogen-bond acceptors (Lipinski definition) is 4. The van der Waals surface area contributed by atoms with Gasteiger partial charge in [0.2, 0.25) is 0 Å². The summed E-state index contributed by atoms with van der Waals surface area (Å²) in [7, 11) is 0. The average molecular weight is 276 g/mol. The Hall–Kier alpha value is -1.32. The molecular formula is C16H28N4. The van der Waals surface area contributed by atoms with Gasteiger partial charge in [-0.25, -0.2) is 9.97 Å². The fourth-order valence-corrected chi connectivity index (χ4v) is 2.88. The summed E-state index contributed by atoms with van der Waals surface area (Å²) in [6.07, 6.45) is 7.43. The lowest BCUT2D eigenvalue weighted by Gasteiger charge is -2.21. The maximum atomic E-state index is 4.61. The molecule has 0 aliphatic heterocycles. The van der Waals surface area contributed by atoms with Gasteiger partial charge in [-0.1, -0.05) is 26.7 Å². The Morgan fingerprint density at radius 2 is 1.90 bits per heavy atom. The molecular weight excluding hydrogens is 248 g/mol. The van der Waals surface area contributed by atoms with E-state index in [4.69, 9.17) is 0 Å². The van der Waals surface area contributed by atoms with Crippen LogP contribution in [-0.2, 0) is 6.42 Å². The van der Waals surface area contributed by atoms with E-state index in [9.17, 15) is 0 Å². The fraction of sp³-hybridized carbons (Fsp3) is 0.750. The Morgan fingerprint density at radius 3 is 2.55 bits per heavy atom. The molecule has 1 aromatic rings. The third kappa shape index (κ3) is 4.09. The van der Waals surface area contributed by atoms with Crippen LogP contribution in [0.25, 0.3) is 0 Å². The van der Waals surface area contributed by atoms with E-state index in [0.29, 0.717) is 6.04 Å². The summed E-state index contributed by atoms with van der Waals surface area (Å²) in [5, 5.41) is 6.95. The highest BCUT2D eigenvalue weighted by Crippen LogP contribution is 2.29. The van der Waals surface area contributed by atoms with E-state index in [1.807, 2.05) is 6.07 Å². The second-order valence-corrected chi connectivity index (χ2v) is 5.81. The molecule has 112 valence electrons. The third-order valence-corrected chi connectivity index (χ3v) is 4.13. The number of rotatable bonds is 7. The van der Waals surface area contributed by atoms with Crippen molar-refractivity contribution in [2.45, 2.75) is 65.3 Å². The van der Waals surface area contributed by atoms with Gasteiger partial charge < -0.3 is 10.6 Å². The van der Waals surface area contributed by atoms with E-state index in [0.717, 1.165) is 42.8 Å². The van der Waals surface area contributed by atoms with Crippen LogP contribution in [0.15, 0.2) is 6.07 Å². The van der Waals surface area contributed by atoms with Gasteiger partial charge in [-0.05, 0) is 32.1 Å². The van der Waals surface area contributed by atoms with Crippen molar-refractivity contribution in [3.8, 4) is 0 Å². The van der Waals surface area contributed by atoms with Crippen molar-refractivity contribution in [3.05, 3.63) is 11.9 Å². The molecule has 1 aliphatic carbocycles. The van der Waals surface area contributed by atoms with Crippen LogP contribution in [0.4, 0.5) is 11.6 Å². The Labute approximate surface area is 122 Å². The summed E-state index contributed by atoms with van der Waals surface area (Å²) >= 11 is 0. The zero-order chi connectivity index (χ0) is 14.4. The van der Waals surface area contributed by atoms with Gasteiger partial charge in [-0.3, -0.25) is 0 Å². The molecule has 2 N–H and O–H groups in total. The van der Waals surface area contributed by atoms with Crippen LogP contribution in [0.2, 0.25) is 0 Å². The normalized spacial score (nSPS) is 17.1. The summed E-state index contributed by atoms with van der Waals surface area (Å²) in [6, 6.07) is 2.54. The lowest BCUT2D eigenvalue weighted by Crippen LogP contribution is -2.24. The molecule has 0 spiro atoms. The number of aromatic nitrogens is 2. The van der Waals surface area contributed by atoms with Crippen molar-refractivity contribution < 1.29 is 0 Å². The molecule has 20 heavy (non-hydrogen) atoms. The van der Waals surface area contributed by atoms with Crippen molar-refractivity contribution in [1.29, 1.82) is 0 Å². The van der Waals surface area contributed by atoms with Gasteiger partial charge in [-0.15, -0.1) is 0 Å². The number of aryl methyl sites for hydroxylation is 1. The molecule has 1 atom stereocenters. The molecule has 0 aromatic carbocycles. The quantitative estimate of drug-likeness (QED) is 0.794. The average Bonchev–Trinajstić information content (AvgIpc) is 2.99. The zero-order valence-electron chi connectivity index (χ0n) is 13.1. The van der Waals surface area contributed by atoms with Crippen molar-refractivity contribution >= 4 is 11.6 Å². The number of nitrogens with zero attached hydrogens (tertiary/aromatic N) is 2. The van der Waals surface area contributed by atoms with Crippen molar-refractivity contribution in [3.63, 3.8) is 0 Å². The van der Waals surface area contributed by atoms with Gasteiger partial charge >= 0.3 is 0 Å². The highest BCUT2D eigenvalue weighted by Gasteiger charge is 2.21. The second-order valence-electron chi connectivity index (χ2n) is 5.81. The lowest BCUT2D eigenvalue weighted by molar-refractivity contribution is 0.481. The summed E-state index contributed by atoms with van der Waals surface area (Å²) in [5.41, 5.74) is 0. The molecule has 1 aliphatic rings. The first-order valence-electron chi connectivity index (χ1n) is 8.11. The highest BCUT2D eigenvalue weighted by molar-refractivity contribution is 5.48. The minimum absolute atomic E-state index is 0.496. The van der Waals surface area contributed by atoms with E-state index < -0.39 is 0 Å². The predicted molar refractivity (Wildman–Crippen MR) is 85.2 cm³/mol. The Morgan fingerprint density at radius 1 is 1.20 bits per heavy atom. The molecule has 1 saturated carbocycles. The molecule has 0 radical (unpaired) electrons. The van der Waals surface area contributed by atoms with E-state index >= 15 is 0 Å². The van der Waals surface area contributed by atoms with Crippen LogP contribution in [0.5, 0.6) is 0 Å². The van der Waals surface area contributed by atoms with Crippen LogP contribution in [0.1, 0.15) is 58.7 Å². The first kappa shape index (κ1) is 15.1. The largest absolute Gasteiger partial charge is 0.370 e. The van der Waals surface area contributed by atoms with Crippen LogP contribution in [0, 0.1) is 5.92 Å². The molecule has 1 fully saturated rings. The third-order valence-electron chi connectivity index (χ3n) is 4.13. The van der Waals surface area contributed by atoms with Crippen LogP contribution in [0.3, 0.4) is 0 Å². The highest BCUT2D eigenvalue weighted by atomic mass is 15.1. The van der Waals surface area contributed by atoms with E-state index in [1.54, 1.807) is 0 Å². The van der Waals surface area contributed by atoms with Gasteiger partial charge in [0.1, 0.15) is 17.5 Å². The number of nitrogens with one attached hydrogen (secondary N) is 2. The number of hydrogen-bond donors (Lipinski definition) is 2. The molecule has 1 unspecified atom stereocenters. The van der Waals surface area contributed by atoms with E-state index in [-0.39, 0.29) is 0 Å². The summed E-state index contributed by atoms with van der Waals surface area (Å²) in [6.45, 7) is 7.50. The first-order chi connectivity index (χ1) is 9.72. The van der Waals surface area contributed by atoms with Gasteiger partial charge in [0, 0.05) is 25.1 Å². The van der Waals surface area contributed by atoms with Crippen molar-refractivity contribution in [1.82, 2.24) is 9.97 Å². The molecule has 1 aromatic heterocycles. The monoisotopic (exact) mass is 276 g/mol. The van der Waals surface area contributed by atoms with Crippen LogP contribution >= 0.6 is 0 Å². The smallest absolute Gasteiger partial charge is 0.132 e. The van der Waals surface area contributed by atoms with Gasteiger partial charge in [0.25, 0.3) is 0 Å². The summed E-state index contributed by atoms with van der Waals surface area (Å²) in [4.78, 5) is 9.14. The van der Waals surface area contributed by atoms with Crippen LogP contribution < -0.4 is 10.6 Å². The second kappa shape index (κ2) is 7.46. The van der Waals surface area contributed by atoms with Gasteiger partial charge in [0.15, 0.2) is 0 Å². The fourth-order valence-electron chi connectivity index (χ4n) is 2.88. The molecule has 4 heteroatoms. The maximum Gasteiger partial charge on any atom is 0.132 e. The summed E-state index contributed by atoms with van der Waals surface area (Å²) in [5.74, 6) is 3.61. The minimum Gasteiger partial charge on any atom is -0.370 e. The summed E-state index contributed by atoms with van der Waals surface area (Å²) < 4.78 is 0. The predicted octanol–water partition coefficient (Wildman–Crippen LogP) is 3.85. The zero-order valence-corrected chi connectivity index (χ0v) is 13.1. The molecule has 0 bridgehead atoms. The molecule has 0 amide bonds. The van der Waals surface area contributed by atoms with Crippen LogP contribution in [-0.4, -0.2) is 22.6 Å². The van der Waals surface area contributed by atoms with Crippen molar-refractivity contribution in [2.24, 2.45) is 5.92 Å². The maximum absolute atomic E-state index is 4.61. The number of anilines is 2. The Kier molecular flexibility index (Phi) is 5.62. The molecule has 2 rings (SSSR count). The minimum atomic E-state index is 0.496. The first-order valence-corrected chi connectivity index (χ1v) is 8.11. The van der Waals surface area contributed by atoms with E-state index in [2.05, 4.69) is 41.4 Å². The molecule has 0 saturated heterocycles. The SMILES string of the molecule is CCCNc1cc(NC(C)C2CCCC2)nc(CC)n1. The topological polar surface area (TPSA) is 49.8 Å². The van der Waals surface area contributed by atoms with Gasteiger partial charge in [0.05, 0.1) is 0 Å². The molecule has 4 nitrogen and oxygen atoms in total. The molecule has 1 heterocycles.